The SMILES string of the molecule is CC(NS(=O)(=O)c1ccc2c(c1)CCC2)c1ccc(-n2ccnc2)cc1. The smallest absolute Gasteiger partial charge is 0.241 e. The van der Waals surface area contributed by atoms with E-state index >= 15 is 0 Å². The summed E-state index contributed by atoms with van der Waals surface area (Å²) in [5, 5.41) is 0. The third-order valence-corrected chi connectivity index (χ3v) is 6.45. The summed E-state index contributed by atoms with van der Waals surface area (Å²) >= 11 is 0. The van der Waals surface area contributed by atoms with Crippen molar-refractivity contribution < 1.29 is 8.42 Å². The average molecular weight is 367 g/mol. The van der Waals surface area contributed by atoms with Crippen molar-refractivity contribution in [1.82, 2.24) is 14.3 Å². The molecular formula is C20H21N3O2S. The predicted octanol–water partition coefficient (Wildman–Crippen LogP) is 3.40. The molecule has 0 saturated heterocycles. The van der Waals surface area contributed by atoms with E-state index in [1.807, 2.05) is 54.1 Å². The van der Waals surface area contributed by atoms with Crippen LogP contribution in [0.5, 0.6) is 0 Å². The van der Waals surface area contributed by atoms with Gasteiger partial charge in [-0.05, 0) is 67.1 Å². The van der Waals surface area contributed by atoms with E-state index in [0.29, 0.717) is 4.90 Å². The van der Waals surface area contributed by atoms with Gasteiger partial charge in [-0.2, -0.15) is 0 Å². The first-order valence-corrected chi connectivity index (χ1v) is 10.2. The van der Waals surface area contributed by atoms with Crippen molar-refractivity contribution in [3.63, 3.8) is 0 Å². The van der Waals surface area contributed by atoms with Crippen LogP contribution in [0.15, 0.2) is 66.1 Å². The molecule has 0 spiro atoms. The maximum Gasteiger partial charge on any atom is 0.241 e. The molecule has 0 fully saturated rings. The Morgan fingerprint density at radius 1 is 1.08 bits per heavy atom. The number of aryl methyl sites for hydroxylation is 2. The summed E-state index contributed by atoms with van der Waals surface area (Å²) in [6.07, 6.45) is 8.43. The average Bonchev–Trinajstić information content (AvgIpc) is 3.32. The monoisotopic (exact) mass is 367 g/mol. The molecule has 2 aromatic carbocycles. The van der Waals surface area contributed by atoms with Gasteiger partial charge in [-0.25, -0.2) is 18.1 Å². The van der Waals surface area contributed by atoms with Gasteiger partial charge in [-0.3, -0.25) is 0 Å². The van der Waals surface area contributed by atoms with E-state index in [1.54, 1.807) is 18.6 Å². The fraction of sp³-hybridized carbons (Fsp3) is 0.250. The molecule has 4 rings (SSSR count). The zero-order chi connectivity index (χ0) is 18.1. The van der Waals surface area contributed by atoms with Crippen LogP contribution in [0, 0.1) is 0 Å². The summed E-state index contributed by atoms with van der Waals surface area (Å²) in [5.41, 5.74) is 4.33. The summed E-state index contributed by atoms with van der Waals surface area (Å²) in [6.45, 7) is 1.86. The fourth-order valence-corrected chi connectivity index (χ4v) is 4.71. The minimum absolute atomic E-state index is 0.315. The normalized spacial score (nSPS) is 15.0. The summed E-state index contributed by atoms with van der Waals surface area (Å²) < 4.78 is 30.2. The van der Waals surface area contributed by atoms with Gasteiger partial charge in [-0.15, -0.1) is 0 Å². The number of rotatable bonds is 5. The summed E-state index contributed by atoms with van der Waals surface area (Å²) in [6, 6.07) is 12.9. The molecule has 0 saturated carbocycles. The second-order valence-electron chi connectivity index (χ2n) is 6.69. The molecular weight excluding hydrogens is 346 g/mol. The van der Waals surface area contributed by atoms with Crippen molar-refractivity contribution in [1.29, 1.82) is 0 Å². The molecule has 1 unspecified atom stereocenters. The maximum absolute atomic E-state index is 12.7. The number of benzene rings is 2. The number of nitrogens with one attached hydrogen (secondary N) is 1. The molecule has 1 aliphatic rings. The number of hydrogen-bond acceptors (Lipinski definition) is 3. The van der Waals surface area contributed by atoms with Crippen LogP contribution in [0.25, 0.3) is 5.69 Å². The number of sulfonamides is 1. The molecule has 1 N–H and O–H groups in total. The molecule has 26 heavy (non-hydrogen) atoms. The molecule has 134 valence electrons. The number of nitrogens with zero attached hydrogens (tertiary/aromatic N) is 2. The van der Waals surface area contributed by atoms with Crippen molar-refractivity contribution in [3.8, 4) is 5.69 Å². The van der Waals surface area contributed by atoms with Crippen molar-refractivity contribution in [2.24, 2.45) is 0 Å². The highest BCUT2D eigenvalue weighted by molar-refractivity contribution is 7.89. The standard InChI is InChI=1S/C20H21N3O2S/c1-15(16-5-8-19(9-6-16)23-12-11-21-14-23)22-26(24,25)20-10-7-17-3-2-4-18(17)13-20/h5-15,22H,2-4H2,1H3. The second-order valence-corrected chi connectivity index (χ2v) is 8.40. The Labute approximate surface area is 153 Å². The third-order valence-electron chi connectivity index (χ3n) is 4.91. The van der Waals surface area contributed by atoms with Crippen molar-refractivity contribution in [2.45, 2.75) is 37.1 Å². The second kappa shape index (κ2) is 6.70. The molecule has 5 nitrogen and oxygen atoms in total. The van der Waals surface area contributed by atoms with Crippen LogP contribution < -0.4 is 4.72 Å². The molecule has 3 aromatic rings. The van der Waals surface area contributed by atoms with Crippen molar-refractivity contribution in [3.05, 3.63) is 77.9 Å². The van der Waals surface area contributed by atoms with Crippen LogP contribution in [0.2, 0.25) is 0 Å². The lowest BCUT2D eigenvalue weighted by Crippen LogP contribution is -2.27. The van der Waals surface area contributed by atoms with Crippen LogP contribution in [0.3, 0.4) is 0 Å². The lowest BCUT2D eigenvalue weighted by atomic mass is 10.1. The molecule has 1 aromatic heterocycles. The maximum atomic E-state index is 12.7. The van der Waals surface area contributed by atoms with Gasteiger partial charge in [0.05, 0.1) is 11.2 Å². The Morgan fingerprint density at radius 2 is 1.85 bits per heavy atom. The fourth-order valence-electron chi connectivity index (χ4n) is 3.43. The van der Waals surface area contributed by atoms with E-state index in [2.05, 4.69) is 9.71 Å². The van der Waals surface area contributed by atoms with Crippen LogP contribution in [-0.2, 0) is 22.9 Å². The highest BCUT2D eigenvalue weighted by Gasteiger charge is 2.21. The number of imidazole rings is 1. The van der Waals surface area contributed by atoms with Crippen molar-refractivity contribution >= 4 is 10.0 Å². The Morgan fingerprint density at radius 3 is 2.58 bits per heavy atom. The van der Waals surface area contributed by atoms with E-state index in [0.717, 1.165) is 36.1 Å². The van der Waals surface area contributed by atoms with Crippen LogP contribution in [0.1, 0.15) is 36.1 Å². The first-order chi connectivity index (χ1) is 12.5. The Hall–Kier alpha value is -2.44. The first kappa shape index (κ1) is 17.0. The Kier molecular flexibility index (Phi) is 4.38. The van der Waals surface area contributed by atoms with Gasteiger partial charge in [0.15, 0.2) is 0 Å². The van der Waals surface area contributed by atoms with Crippen LogP contribution >= 0.6 is 0 Å². The van der Waals surface area contributed by atoms with Gasteiger partial charge < -0.3 is 4.57 Å². The summed E-state index contributed by atoms with van der Waals surface area (Å²) in [5.74, 6) is 0. The predicted molar refractivity (Wildman–Crippen MR) is 101 cm³/mol. The lowest BCUT2D eigenvalue weighted by Gasteiger charge is -2.16. The molecule has 0 radical (unpaired) electrons. The number of aromatic nitrogens is 2. The zero-order valence-corrected chi connectivity index (χ0v) is 15.4. The number of hydrogen-bond donors (Lipinski definition) is 1. The highest BCUT2D eigenvalue weighted by atomic mass is 32.2. The lowest BCUT2D eigenvalue weighted by molar-refractivity contribution is 0.567. The summed E-state index contributed by atoms with van der Waals surface area (Å²) in [4.78, 5) is 4.38. The zero-order valence-electron chi connectivity index (χ0n) is 14.6. The molecule has 1 heterocycles. The van der Waals surface area contributed by atoms with Crippen molar-refractivity contribution in [2.75, 3.05) is 0 Å². The van der Waals surface area contributed by atoms with Gasteiger partial charge in [0.1, 0.15) is 0 Å². The number of fused-ring (bicyclic) bond motifs is 1. The van der Waals surface area contributed by atoms with Gasteiger partial charge in [0.2, 0.25) is 10.0 Å². The van der Waals surface area contributed by atoms with Gasteiger partial charge in [0, 0.05) is 24.1 Å². The molecule has 0 amide bonds. The Bertz CT molecular complexity index is 1010. The first-order valence-electron chi connectivity index (χ1n) is 8.75. The van der Waals surface area contributed by atoms with E-state index in [-0.39, 0.29) is 6.04 Å². The van der Waals surface area contributed by atoms with Crippen LogP contribution in [0.4, 0.5) is 0 Å². The Balaban J connectivity index is 1.52. The largest absolute Gasteiger partial charge is 0.306 e. The quantitative estimate of drug-likeness (QED) is 0.752. The molecule has 1 aliphatic carbocycles. The molecule has 0 bridgehead atoms. The van der Waals surface area contributed by atoms with Gasteiger partial charge in [0.25, 0.3) is 0 Å². The van der Waals surface area contributed by atoms with E-state index in [9.17, 15) is 8.42 Å². The topological polar surface area (TPSA) is 64.0 Å². The molecule has 0 aliphatic heterocycles. The molecule has 1 atom stereocenters. The van der Waals surface area contributed by atoms with E-state index in [4.69, 9.17) is 0 Å². The summed E-state index contributed by atoms with van der Waals surface area (Å²) in [7, 11) is -3.55. The van der Waals surface area contributed by atoms with E-state index < -0.39 is 10.0 Å². The van der Waals surface area contributed by atoms with Gasteiger partial charge in [-0.1, -0.05) is 18.2 Å². The van der Waals surface area contributed by atoms with Gasteiger partial charge >= 0.3 is 0 Å². The van der Waals surface area contributed by atoms with Crippen LogP contribution in [-0.4, -0.2) is 18.0 Å². The molecule has 6 heteroatoms. The minimum Gasteiger partial charge on any atom is -0.306 e. The third kappa shape index (κ3) is 3.30. The van der Waals surface area contributed by atoms with E-state index in [1.165, 1.54) is 5.56 Å². The minimum atomic E-state index is -3.55. The highest BCUT2D eigenvalue weighted by Crippen LogP contribution is 2.26.